The fourth-order valence-corrected chi connectivity index (χ4v) is 4.60. The zero-order valence-corrected chi connectivity index (χ0v) is 22.5. The predicted octanol–water partition coefficient (Wildman–Crippen LogP) is 5.84. The second-order valence-electron chi connectivity index (χ2n) is 9.05. The Kier molecular flexibility index (Phi) is 9.52. The van der Waals surface area contributed by atoms with Gasteiger partial charge in [-0.25, -0.2) is 0 Å². The largest absolute Gasteiger partial charge is 0.483 e. The molecule has 1 N–H and O–H groups in total. The molecule has 1 fully saturated rings. The fraction of sp³-hybridized carbons (Fsp3) is 0.321. The molecule has 0 unspecified atom stereocenters. The van der Waals surface area contributed by atoms with Gasteiger partial charge in [0.2, 0.25) is 0 Å². The SMILES string of the molecule is CN1CCN(Cc2cc(-c3ccc(CCl)cc3)ccc2OCC(=O)NCc2ccc(Cl)c(Cl)c2)CC1. The van der Waals surface area contributed by atoms with Crippen LogP contribution >= 0.6 is 34.8 Å². The number of benzene rings is 3. The highest BCUT2D eigenvalue weighted by atomic mass is 35.5. The third-order valence-electron chi connectivity index (χ3n) is 6.32. The van der Waals surface area contributed by atoms with Crippen LogP contribution in [0.25, 0.3) is 11.1 Å². The van der Waals surface area contributed by atoms with Gasteiger partial charge < -0.3 is 15.0 Å². The van der Waals surface area contributed by atoms with E-state index < -0.39 is 0 Å². The molecule has 1 heterocycles. The summed E-state index contributed by atoms with van der Waals surface area (Å²) in [5.41, 5.74) is 5.25. The second kappa shape index (κ2) is 12.8. The minimum Gasteiger partial charge on any atom is -0.483 e. The lowest BCUT2D eigenvalue weighted by Crippen LogP contribution is -2.43. The van der Waals surface area contributed by atoms with E-state index in [9.17, 15) is 4.79 Å². The van der Waals surface area contributed by atoms with Gasteiger partial charge in [0.1, 0.15) is 5.75 Å². The van der Waals surface area contributed by atoms with Gasteiger partial charge in [0.05, 0.1) is 10.0 Å². The number of ether oxygens (including phenoxy) is 1. The molecule has 1 saturated heterocycles. The van der Waals surface area contributed by atoms with E-state index in [0.29, 0.717) is 22.5 Å². The quantitative estimate of drug-likeness (QED) is 0.342. The Hall–Kier alpha value is -2.28. The van der Waals surface area contributed by atoms with Crippen molar-refractivity contribution >= 4 is 40.7 Å². The number of nitrogens with zero attached hydrogens (tertiary/aromatic N) is 2. The van der Waals surface area contributed by atoms with Gasteiger partial charge in [0, 0.05) is 50.7 Å². The van der Waals surface area contributed by atoms with Crippen LogP contribution in [0.3, 0.4) is 0 Å². The van der Waals surface area contributed by atoms with Crippen LogP contribution in [0.5, 0.6) is 5.75 Å². The predicted molar refractivity (Wildman–Crippen MR) is 148 cm³/mol. The van der Waals surface area contributed by atoms with Crippen molar-refractivity contribution in [1.82, 2.24) is 15.1 Å². The standard InChI is InChI=1S/C28H30Cl3N3O2/c1-33-10-12-34(13-11-33)18-24-15-23(22-5-2-20(16-29)3-6-22)7-9-27(24)36-19-28(35)32-17-21-4-8-25(30)26(31)14-21/h2-9,14-15H,10-13,16-19H2,1H3,(H,32,35). The van der Waals surface area contributed by atoms with Crippen molar-refractivity contribution in [2.75, 3.05) is 39.8 Å². The van der Waals surface area contributed by atoms with Crippen LogP contribution in [0.1, 0.15) is 16.7 Å². The summed E-state index contributed by atoms with van der Waals surface area (Å²) >= 11 is 18.0. The maximum atomic E-state index is 12.5. The summed E-state index contributed by atoms with van der Waals surface area (Å²) < 4.78 is 6.01. The molecule has 190 valence electrons. The van der Waals surface area contributed by atoms with E-state index >= 15 is 0 Å². The second-order valence-corrected chi connectivity index (χ2v) is 10.1. The molecule has 0 radical (unpaired) electrons. The van der Waals surface area contributed by atoms with Crippen LogP contribution in [0.4, 0.5) is 0 Å². The first-order chi connectivity index (χ1) is 17.4. The Morgan fingerprint density at radius 2 is 1.58 bits per heavy atom. The molecule has 1 amide bonds. The number of hydrogen-bond donors (Lipinski definition) is 1. The van der Waals surface area contributed by atoms with Crippen molar-refractivity contribution in [2.45, 2.75) is 19.0 Å². The number of piperazine rings is 1. The van der Waals surface area contributed by atoms with Crippen LogP contribution in [0, 0.1) is 0 Å². The van der Waals surface area contributed by atoms with E-state index in [2.05, 4.69) is 40.4 Å². The Labute approximate surface area is 227 Å². The molecule has 0 atom stereocenters. The van der Waals surface area contributed by atoms with Gasteiger partial charge in [-0.2, -0.15) is 0 Å². The Morgan fingerprint density at radius 1 is 0.889 bits per heavy atom. The van der Waals surface area contributed by atoms with E-state index in [1.165, 1.54) is 0 Å². The summed E-state index contributed by atoms with van der Waals surface area (Å²) in [6.07, 6.45) is 0. The first kappa shape index (κ1) is 26.8. The number of rotatable bonds is 9. The number of nitrogens with one attached hydrogen (secondary N) is 1. The van der Waals surface area contributed by atoms with E-state index in [4.69, 9.17) is 39.5 Å². The monoisotopic (exact) mass is 545 g/mol. The number of carbonyl (C=O) groups is 1. The number of hydrogen-bond acceptors (Lipinski definition) is 4. The first-order valence-electron chi connectivity index (χ1n) is 11.9. The summed E-state index contributed by atoms with van der Waals surface area (Å²) in [5.74, 6) is 1.02. The molecular weight excluding hydrogens is 517 g/mol. The van der Waals surface area contributed by atoms with Gasteiger partial charge in [0.25, 0.3) is 5.91 Å². The molecule has 0 saturated carbocycles. The van der Waals surface area contributed by atoms with Crippen LogP contribution in [0.15, 0.2) is 60.7 Å². The van der Waals surface area contributed by atoms with E-state index in [1.54, 1.807) is 12.1 Å². The molecule has 0 aromatic heterocycles. The van der Waals surface area contributed by atoms with Crippen LogP contribution < -0.4 is 10.1 Å². The van der Waals surface area contributed by atoms with E-state index in [-0.39, 0.29) is 12.5 Å². The Balaban J connectivity index is 1.44. The summed E-state index contributed by atoms with van der Waals surface area (Å²) in [4.78, 5) is 17.3. The van der Waals surface area contributed by atoms with E-state index in [1.807, 2.05) is 30.3 Å². The number of carbonyl (C=O) groups excluding carboxylic acids is 1. The van der Waals surface area contributed by atoms with Crippen molar-refractivity contribution < 1.29 is 9.53 Å². The average Bonchev–Trinajstić information content (AvgIpc) is 2.90. The summed E-state index contributed by atoms with van der Waals surface area (Å²) in [5, 5.41) is 3.83. The molecular formula is C28H30Cl3N3O2. The lowest BCUT2D eigenvalue weighted by atomic mass is 10.0. The van der Waals surface area contributed by atoms with Crippen molar-refractivity contribution in [3.05, 3.63) is 87.4 Å². The Morgan fingerprint density at radius 3 is 2.28 bits per heavy atom. The van der Waals surface area contributed by atoms with Gasteiger partial charge in [-0.3, -0.25) is 9.69 Å². The van der Waals surface area contributed by atoms with Gasteiger partial charge >= 0.3 is 0 Å². The molecule has 3 aromatic rings. The van der Waals surface area contributed by atoms with Gasteiger partial charge in [-0.05, 0) is 53.6 Å². The molecule has 4 rings (SSSR count). The molecule has 5 nitrogen and oxygen atoms in total. The lowest BCUT2D eigenvalue weighted by Gasteiger charge is -2.32. The molecule has 0 aliphatic carbocycles. The van der Waals surface area contributed by atoms with Crippen molar-refractivity contribution in [3.8, 4) is 16.9 Å². The van der Waals surface area contributed by atoms with Crippen molar-refractivity contribution in [2.24, 2.45) is 0 Å². The lowest BCUT2D eigenvalue weighted by molar-refractivity contribution is -0.123. The van der Waals surface area contributed by atoms with Gasteiger partial charge in [0.15, 0.2) is 6.61 Å². The third kappa shape index (κ3) is 7.37. The van der Waals surface area contributed by atoms with E-state index in [0.717, 1.165) is 66.3 Å². The van der Waals surface area contributed by atoms with Crippen LogP contribution in [-0.2, 0) is 23.8 Å². The van der Waals surface area contributed by atoms with Crippen molar-refractivity contribution in [3.63, 3.8) is 0 Å². The molecule has 1 aliphatic heterocycles. The van der Waals surface area contributed by atoms with Crippen LogP contribution in [0.2, 0.25) is 10.0 Å². The summed E-state index contributed by atoms with van der Waals surface area (Å²) in [7, 11) is 2.15. The maximum Gasteiger partial charge on any atom is 0.258 e. The molecule has 0 bridgehead atoms. The highest BCUT2D eigenvalue weighted by Crippen LogP contribution is 2.29. The number of halogens is 3. The molecule has 1 aliphatic rings. The fourth-order valence-electron chi connectivity index (χ4n) is 4.10. The Bertz CT molecular complexity index is 1180. The maximum absolute atomic E-state index is 12.5. The van der Waals surface area contributed by atoms with Crippen LogP contribution in [-0.4, -0.2) is 55.5 Å². The molecule has 0 spiro atoms. The third-order valence-corrected chi connectivity index (χ3v) is 7.37. The highest BCUT2D eigenvalue weighted by Gasteiger charge is 2.17. The average molecular weight is 547 g/mol. The molecule has 8 heteroatoms. The molecule has 36 heavy (non-hydrogen) atoms. The number of amides is 1. The van der Waals surface area contributed by atoms with Gasteiger partial charge in [-0.15, -0.1) is 11.6 Å². The van der Waals surface area contributed by atoms with Crippen molar-refractivity contribution in [1.29, 1.82) is 0 Å². The first-order valence-corrected chi connectivity index (χ1v) is 13.2. The minimum atomic E-state index is -0.202. The number of alkyl halides is 1. The molecule has 3 aromatic carbocycles. The number of likely N-dealkylation sites (N-methyl/N-ethyl adjacent to an activating group) is 1. The zero-order valence-electron chi connectivity index (χ0n) is 20.3. The summed E-state index contributed by atoms with van der Waals surface area (Å²) in [6, 6.07) is 19.7. The highest BCUT2D eigenvalue weighted by molar-refractivity contribution is 6.42. The topological polar surface area (TPSA) is 44.8 Å². The van der Waals surface area contributed by atoms with Gasteiger partial charge in [-0.1, -0.05) is 59.6 Å². The zero-order chi connectivity index (χ0) is 25.5. The minimum absolute atomic E-state index is 0.0686. The normalized spacial score (nSPS) is 14.6. The smallest absolute Gasteiger partial charge is 0.258 e. The summed E-state index contributed by atoms with van der Waals surface area (Å²) in [6.45, 7) is 5.11.